The van der Waals surface area contributed by atoms with Crippen molar-refractivity contribution in [3.05, 3.63) is 89.5 Å². The van der Waals surface area contributed by atoms with E-state index in [1.807, 2.05) is 19.1 Å². The molecule has 0 fully saturated rings. The molecule has 0 heterocycles. The number of ketones is 2. The van der Waals surface area contributed by atoms with E-state index in [1.165, 1.54) is 44.7 Å². The van der Waals surface area contributed by atoms with Crippen LogP contribution in [0.4, 0.5) is 0 Å². The van der Waals surface area contributed by atoms with E-state index < -0.39 is 20.4 Å². The van der Waals surface area contributed by atoms with Crippen LogP contribution in [0.5, 0.6) is 0 Å². The minimum Gasteiger partial charge on any atom is -0.295 e. The van der Waals surface area contributed by atoms with Crippen molar-refractivity contribution >= 4 is 33.2 Å². The lowest BCUT2D eigenvalue weighted by molar-refractivity contribution is 0.0952. The lowest BCUT2D eigenvalue weighted by atomic mass is 10.0. The van der Waals surface area contributed by atoms with Crippen LogP contribution in [0.3, 0.4) is 0 Å². The van der Waals surface area contributed by atoms with Crippen molar-refractivity contribution in [1.29, 1.82) is 0 Å². The summed E-state index contributed by atoms with van der Waals surface area (Å²) in [5.74, 6) is -0.432. The number of hydrogen-bond acceptors (Lipinski definition) is 5. The van der Waals surface area contributed by atoms with Crippen LogP contribution in [-0.4, -0.2) is 24.7 Å². The number of sulfone groups is 1. The van der Waals surface area contributed by atoms with Gasteiger partial charge in [-0.05, 0) is 64.1 Å². The molecule has 0 spiro atoms. The minimum atomic E-state index is -3.85. The third kappa shape index (κ3) is 4.81. The van der Waals surface area contributed by atoms with Gasteiger partial charge in [-0.15, -0.1) is 0 Å². The van der Waals surface area contributed by atoms with E-state index in [2.05, 4.69) is 0 Å². The predicted octanol–water partition coefficient (Wildman–Crippen LogP) is 5.78. The number of hydrogen-bond donors (Lipinski definition) is 0. The van der Waals surface area contributed by atoms with Crippen LogP contribution in [0.1, 0.15) is 47.1 Å². The lowest BCUT2D eigenvalue weighted by Gasteiger charge is -2.23. The second-order valence-corrected chi connectivity index (χ2v) is 11.5. The van der Waals surface area contributed by atoms with Crippen molar-refractivity contribution in [2.45, 2.75) is 47.1 Å². The summed E-state index contributed by atoms with van der Waals surface area (Å²) >= 11 is 1.50. The van der Waals surface area contributed by atoms with Crippen LogP contribution < -0.4 is 0 Å². The Hall–Kier alpha value is -2.70. The number of aryl methyl sites for hydroxylation is 1. The van der Waals surface area contributed by atoms with Gasteiger partial charge in [-0.25, -0.2) is 8.42 Å². The molecular weight excluding hydrogens is 428 g/mol. The Morgan fingerprint density at radius 1 is 0.742 bits per heavy atom. The summed E-state index contributed by atoms with van der Waals surface area (Å²) < 4.78 is 24.6. The molecule has 0 saturated carbocycles. The predicted molar refractivity (Wildman–Crippen MR) is 124 cm³/mol. The second-order valence-electron chi connectivity index (χ2n) is 7.86. The van der Waals surface area contributed by atoms with Crippen molar-refractivity contribution in [2.24, 2.45) is 0 Å². The summed E-state index contributed by atoms with van der Waals surface area (Å²) in [4.78, 5) is 26.5. The summed E-state index contributed by atoms with van der Waals surface area (Å²) in [7, 11) is -3.85. The van der Waals surface area contributed by atoms with Gasteiger partial charge in [0.15, 0.2) is 21.4 Å². The van der Waals surface area contributed by atoms with Crippen LogP contribution in [-0.2, 0) is 9.84 Å². The molecule has 160 valence electrons. The molecule has 3 aromatic rings. The molecule has 6 heteroatoms. The molecule has 0 aromatic heterocycles. The Labute approximate surface area is 187 Å². The van der Waals surface area contributed by atoms with Crippen LogP contribution >= 0.6 is 11.8 Å². The number of carbonyl (C=O) groups excluding carboxylic acids is 2. The first kappa shape index (κ1) is 23.0. The number of benzene rings is 3. The maximum atomic E-state index is 13.1. The van der Waals surface area contributed by atoms with Crippen LogP contribution in [0.25, 0.3) is 0 Å². The van der Waals surface area contributed by atoms with E-state index in [9.17, 15) is 18.0 Å². The van der Waals surface area contributed by atoms with Gasteiger partial charge in [0.2, 0.25) is 0 Å². The fourth-order valence-corrected chi connectivity index (χ4v) is 5.31. The van der Waals surface area contributed by atoms with Gasteiger partial charge in [0.25, 0.3) is 0 Å². The summed E-state index contributed by atoms with van der Waals surface area (Å²) in [6, 6.07) is 20.7. The molecule has 31 heavy (non-hydrogen) atoms. The lowest BCUT2D eigenvalue weighted by Crippen LogP contribution is -2.40. The molecule has 0 aliphatic rings. The SMILES string of the molecule is CC(=O)c1ccc(Sc2ccc(C(=O)C(C)(C)S(=O)(=O)c3ccc(C)cc3)cc2)cc1. The van der Waals surface area contributed by atoms with Crippen LogP contribution in [0.15, 0.2) is 87.5 Å². The first-order chi connectivity index (χ1) is 14.5. The third-order valence-corrected chi connectivity index (χ3v) is 8.60. The van der Waals surface area contributed by atoms with Crippen LogP contribution in [0, 0.1) is 6.92 Å². The van der Waals surface area contributed by atoms with Crippen molar-refractivity contribution in [2.75, 3.05) is 0 Å². The number of rotatable bonds is 7. The standard InChI is InChI=1S/C25H24O4S2/c1-17-5-15-23(16-6-17)31(28,29)25(3,4)24(27)20-9-13-22(14-10-20)30-21-11-7-19(8-12-21)18(2)26/h5-16H,1-4H3. The van der Waals surface area contributed by atoms with E-state index in [0.717, 1.165) is 15.4 Å². The first-order valence-electron chi connectivity index (χ1n) is 9.77. The first-order valence-corrected chi connectivity index (χ1v) is 12.1. The summed E-state index contributed by atoms with van der Waals surface area (Å²) in [6.45, 7) is 6.30. The monoisotopic (exact) mass is 452 g/mol. The maximum Gasteiger partial charge on any atom is 0.190 e. The highest BCUT2D eigenvalue weighted by atomic mass is 32.2. The molecule has 0 unspecified atom stereocenters. The Morgan fingerprint density at radius 3 is 1.65 bits per heavy atom. The highest BCUT2D eigenvalue weighted by Gasteiger charge is 2.42. The van der Waals surface area contributed by atoms with Crippen molar-refractivity contribution in [3.63, 3.8) is 0 Å². The smallest absolute Gasteiger partial charge is 0.190 e. The second kappa shape index (κ2) is 8.81. The van der Waals surface area contributed by atoms with Gasteiger partial charge < -0.3 is 0 Å². The minimum absolute atomic E-state index is 0.0163. The van der Waals surface area contributed by atoms with Gasteiger partial charge in [-0.2, -0.15) is 0 Å². The molecule has 3 aromatic carbocycles. The highest BCUT2D eigenvalue weighted by Crippen LogP contribution is 2.31. The van der Waals surface area contributed by atoms with E-state index >= 15 is 0 Å². The molecule has 0 amide bonds. The average Bonchev–Trinajstić information content (AvgIpc) is 2.74. The van der Waals surface area contributed by atoms with Crippen molar-refractivity contribution in [3.8, 4) is 0 Å². The van der Waals surface area contributed by atoms with Crippen LogP contribution in [0.2, 0.25) is 0 Å². The van der Waals surface area contributed by atoms with Crippen molar-refractivity contribution in [1.82, 2.24) is 0 Å². The van der Waals surface area contributed by atoms with Gasteiger partial charge in [-0.1, -0.05) is 53.7 Å². The van der Waals surface area contributed by atoms with E-state index in [-0.39, 0.29) is 10.7 Å². The fourth-order valence-electron chi connectivity index (χ4n) is 3.05. The zero-order valence-electron chi connectivity index (χ0n) is 17.9. The highest BCUT2D eigenvalue weighted by molar-refractivity contribution is 7.99. The van der Waals surface area contributed by atoms with E-state index in [4.69, 9.17) is 0 Å². The normalized spacial score (nSPS) is 11.9. The molecule has 0 atom stereocenters. The quantitative estimate of drug-likeness (QED) is 0.425. The topological polar surface area (TPSA) is 68.3 Å². The van der Waals surface area contributed by atoms with Gasteiger partial charge in [0, 0.05) is 20.9 Å². The third-order valence-electron chi connectivity index (χ3n) is 5.16. The Balaban J connectivity index is 1.80. The number of Topliss-reactive ketones (excluding diaryl/α,β-unsaturated/α-hetero) is 2. The summed E-state index contributed by atoms with van der Waals surface area (Å²) in [5.41, 5.74) is 1.95. The fraction of sp³-hybridized carbons (Fsp3) is 0.200. The Kier molecular flexibility index (Phi) is 6.53. The molecule has 4 nitrogen and oxygen atoms in total. The Morgan fingerprint density at radius 2 is 1.19 bits per heavy atom. The van der Waals surface area contributed by atoms with Gasteiger partial charge in [0.1, 0.15) is 4.75 Å². The zero-order valence-corrected chi connectivity index (χ0v) is 19.5. The largest absolute Gasteiger partial charge is 0.295 e. The van der Waals surface area contributed by atoms with Gasteiger partial charge in [-0.3, -0.25) is 9.59 Å². The number of carbonyl (C=O) groups is 2. The molecule has 3 rings (SSSR count). The van der Waals surface area contributed by atoms with Crippen molar-refractivity contribution < 1.29 is 18.0 Å². The molecular formula is C25H24O4S2. The summed E-state index contributed by atoms with van der Waals surface area (Å²) in [5, 5.41) is 0. The van der Waals surface area contributed by atoms with Gasteiger partial charge >= 0.3 is 0 Å². The molecule has 0 radical (unpaired) electrons. The maximum absolute atomic E-state index is 13.1. The molecule has 0 saturated heterocycles. The Bertz CT molecular complexity index is 1210. The van der Waals surface area contributed by atoms with E-state index in [1.54, 1.807) is 48.5 Å². The molecule has 0 aliphatic heterocycles. The molecule has 0 N–H and O–H groups in total. The van der Waals surface area contributed by atoms with Gasteiger partial charge in [0.05, 0.1) is 4.90 Å². The molecule has 0 bridgehead atoms. The average molecular weight is 453 g/mol. The zero-order chi connectivity index (χ0) is 22.8. The summed E-state index contributed by atoms with van der Waals surface area (Å²) in [6.07, 6.45) is 0. The molecule has 0 aliphatic carbocycles. The van der Waals surface area contributed by atoms with E-state index in [0.29, 0.717) is 11.1 Å².